The molecular weight excluding hydrogens is 276 g/mol. The van der Waals surface area contributed by atoms with Gasteiger partial charge in [0.2, 0.25) is 0 Å². The molecule has 0 spiro atoms. The van der Waals surface area contributed by atoms with Gasteiger partial charge >= 0.3 is 0 Å². The van der Waals surface area contributed by atoms with Crippen LogP contribution in [0.15, 0.2) is 36.4 Å². The Balaban J connectivity index is 2.61. The Labute approximate surface area is 131 Å². The monoisotopic (exact) mass is 298 g/mol. The van der Waals surface area contributed by atoms with Crippen LogP contribution in [0.5, 0.6) is 11.5 Å². The van der Waals surface area contributed by atoms with Crippen LogP contribution >= 0.6 is 0 Å². The van der Waals surface area contributed by atoms with Crippen molar-refractivity contribution >= 4 is 5.78 Å². The van der Waals surface area contributed by atoms with Crippen molar-refractivity contribution < 1.29 is 15.0 Å². The molecule has 2 aromatic carbocycles. The lowest BCUT2D eigenvalue weighted by Gasteiger charge is -2.16. The second kappa shape index (κ2) is 7.12. The highest BCUT2D eigenvalue weighted by atomic mass is 16.3. The van der Waals surface area contributed by atoms with Crippen molar-refractivity contribution in [2.75, 3.05) is 0 Å². The lowest BCUT2D eigenvalue weighted by molar-refractivity contribution is 0.103. The van der Waals surface area contributed by atoms with Gasteiger partial charge in [-0.25, -0.2) is 0 Å². The molecule has 0 aliphatic heterocycles. The fourth-order valence-electron chi connectivity index (χ4n) is 2.75. The van der Waals surface area contributed by atoms with Crippen LogP contribution in [-0.2, 0) is 12.8 Å². The van der Waals surface area contributed by atoms with Gasteiger partial charge in [-0.2, -0.15) is 0 Å². The van der Waals surface area contributed by atoms with Crippen LogP contribution in [-0.4, -0.2) is 16.0 Å². The lowest BCUT2D eigenvalue weighted by atomic mass is 9.89. The fraction of sp³-hybridized carbons (Fsp3) is 0.316. The molecule has 0 fully saturated rings. The van der Waals surface area contributed by atoms with Crippen molar-refractivity contribution in [1.29, 1.82) is 0 Å². The maximum Gasteiger partial charge on any atom is 0.193 e. The molecule has 116 valence electrons. The van der Waals surface area contributed by atoms with Crippen LogP contribution in [0.4, 0.5) is 0 Å². The average molecular weight is 298 g/mol. The summed E-state index contributed by atoms with van der Waals surface area (Å²) in [6, 6.07) is 10.4. The summed E-state index contributed by atoms with van der Waals surface area (Å²) in [5, 5.41) is 20.1. The van der Waals surface area contributed by atoms with Crippen LogP contribution < -0.4 is 0 Å². The van der Waals surface area contributed by atoms with Crippen LogP contribution in [0, 0.1) is 0 Å². The SMILES string of the molecule is CCCc1c(C(=O)c2ccccc2)cc(O)c(O)c1CCC. The van der Waals surface area contributed by atoms with Crippen LogP contribution in [0.3, 0.4) is 0 Å². The van der Waals surface area contributed by atoms with Gasteiger partial charge < -0.3 is 10.2 Å². The van der Waals surface area contributed by atoms with E-state index in [9.17, 15) is 15.0 Å². The molecule has 0 heterocycles. The van der Waals surface area contributed by atoms with Crippen molar-refractivity contribution in [3.63, 3.8) is 0 Å². The minimum Gasteiger partial charge on any atom is -0.504 e. The van der Waals surface area contributed by atoms with Crippen LogP contribution in [0.25, 0.3) is 0 Å². The number of hydrogen-bond acceptors (Lipinski definition) is 3. The van der Waals surface area contributed by atoms with E-state index in [1.165, 1.54) is 6.07 Å². The number of phenols is 2. The summed E-state index contributed by atoms with van der Waals surface area (Å²) < 4.78 is 0. The van der Waals surface area contributed by atoms with Gasteiger partial charge in [-0.05, 0) is 24.5 Å². The van der Waals surface area contributed by atoms with Gasteiger partial charge in [0.05, 0.1) is 0 Å². The molecule has 0 aromatic heterocycles. The van der Waals surface area contributed by atoms with Crippen LogP contribution in [0.2, 0.25) is 0 Å². The number of aromatic hydroxyl groups is 2. The Hall–Kier alpha value is -2.29. The summed E-state index contributed by atoms with van der Waals surface area (Å²) in [6.45, 7) is 4.05. The molecule has 0 amide bonds. The third-order valence-corrected chi connectivity index (χ3v) is 3.78. The highest BCUT2D eigenvalue weighted by Gasteiger charge is 2.21. The normalized spacial score (nSPS) is 10.6. The molecule has 22 heavy (non-hydrogen) atoms. The zero-order valence-corrected chi connectivity index (χ0v) is 13.1. The molecule has 0 radical (unpaired) electrons. The van der Waals surface area contributed by atoms with E-state index in [0.29, 0.717) is 29.5 Å². The largest absolute Gasteiger partial charge is 0.504 e. The Morgan fingerprint density at radius 3 is 2.14 bits per heavy atom. The number of hydrogen-bond donors (Lipinski definition) is 2. The van der Waals surface area contributed by atoms with E-state index in [0.717, 1.165) is 18.4 Å². The highest BCUT2D eigenvalue weighted by Crippen LogP contribution is 2.36. The number of carbonyl (C=O) groups excluding carboxylic acids is 1. The molecule has 0 aliphatic rings. The molecule has 0 saturated carbocycles. The molecule has 2 rings (SSSR count). The van der Waals surface area contributed by atoms with Crippen molar-refractivity contribution in [2.24, 2.45) is 0 Å². The predicted octanol–water partition coefficient (Wildman–Crippen LogP) is 4.23. The lowest BCUT2D eigenvalue weighted by Crippen LogP contribution is -2.09. The van der Waals surface area contributed by atoms with Crippen molar-refractivity contribution in [3.8, 4) is 11.5 Å². The summed E-state index contributed by atoms with van der Waals surface area (Å²) in [6.07, 6.45) is 3.06. The molecule has 2 aromatic rings. The zero-order chi connectivity index (χ0) is 16.1. The first-order valence-electron chi connectivity index (χ1n) is 7.76. The average Bonchev–Trinajstić information content (AvgIpc) is 2.54. The highest BCUT2D eigenvalue weighted by molar-refractivity contribution is 6.10. The summed E-state index contributed by atoms with van der Waals surface area (Å²) in [4.78, 5) is 12.8. The second-order valence-corrected chi connectivity index (χ2v) is 5.44. The van der Waals surface area contributed by atoms with Gasteiger partial charge in [0.1, 0.15) is 0 Å². The van der Waals surface area contributed by atoms with E-state index in [1.807, 2.05) is 32.0 Å². The maximum absolute atomic E-state index is 12.8. The Kier molecular flexibility index (Phi) is 5.21. The van der Waals surface area contributed by atoms with Crippen LogP contribution in [0.1, 0.15) is 53.7 Å². The predicted molar refractivity (Wildman–Crippen MR) is 87.6 cm³/mol. The molecule has 0 bridgehead atoms. The first kappa shape index (κ1) is 16.1. The quantitative estimate of drug-likeness (QED) is 0.619. The van der Waals surface area contributed by atoms with Gasteiger partial charge in [0, 0.05) is 16.7 Å². The number of ketones is 1. The smallest absolute Gasteiger partial charge is 0.193 e. The Morgan fingerprint density at radius 2 is 1.55 bits per heavy atom. The molecule has 3 nitrogen and oxygen atoms in total. The summed E-state index contributed by atoms with van der Waals surface area (Å²) in [5.41, 5.74) is 2.64. The first-order chi connectivity index (χ1) is 10.6. The minimum absolute atomic E-state index is 0.0880. The molecule has 0 atom stereocenters. The van der Waals surface area contributed by atoms with E-state index < -0.39 is 0 Å². The van der Waals surface area contributed by atoms with Gasteiger partial charge in [-0.15, -0.1) is 0 Å². The zero-order valence-electron chi connectivity index (χ0n) is 13.1. The summed E-state index contributed by atoms with van der Waals surface area (Å²) >= 11 is 0. The molecule has 3 heteroatoms. The number of carbonyl (C=O) groups is 1. The van der Waals surface area contributed by atoms with E-state index in [2.05, 4.69) is 0 Å². The van der Waals surface area contributed by atoms with Crippen molar-refractivity contribution in [1.82, 2.24) is 0 Å². The summed E-state index contributed by atoms with van der Waals surface area (Å²) in [5.74, 6) is -0.422. The van der Waals surface area contributed by atoms with Gasteiger partial charge in [-0.1, -0.05) is 57.0 Å². The third kappa shape index (κ3) is 3.14. The van der Waals surface area contributed by atoms with E-state index in [1.54, 1.807) is 12.1 Å². The molecule has 2 N–H and O–H groups in total. The topological polar surface area (TPSA) is 57.5 Å². The maximum atomic E-state index is 12.8. The molecule has 0 unspecified atom stereocenters. The number of phenolic OH excluding ortho intramolecular Hbond substituents is 2. The minimum atomic E-state index is -0.220. The Bertz CT molecular complexity index is 660. The fourth-order valence-corrected chi connectivity index (χ4v) is 2.75. The van der Waals surface area contributed by atoms with Crippen molar-refractivity contribution in [3.05, 3.63) is 58.7 Å². The van der Waals surface area contributed by atoms with Crippen molar-refractivity contribution in [2.45, 2.75) is 39.5 Å². The van der Waals surface area contributed by atoms with E-state index >= 15 is 0 Å². The molecule has 0 aliphatic carbocycles. The standard InChI is InChI=1S/C19H22O3/c1-3-8-14-15(9-4-2)19(22)17(20)12-16(14)18(21)13-10-6-5-7-11-13/h5-7,10-12,20,22H,3-4,8-9H2,1-2H3. The third-order valence-electron chi connectivity index (χ3n) is 3.78. The van der Waals surface area contributed by atoms with E-state index in [-0.39, 0.29) is 17.3 Å². The van der Waals surface area contributed by atoms with E-state index in [4.69, 9.17) is 0 Å². The molecule has 0 saturated heterocycles. The van der Waals surface area contributed by atoms with Gasteiger partial charge in [0.15, 0.2) is 17.3 Å². The Morgan fingerprint density at radius 1 is 0.955 bits per heavy atom. The van der Waals surface area contributed by atoms with Gasteiger partial charge in [-0.3, -0.25) is 4.79 Å². The van der Waals surface area contributed by atoms with Gasteiger partial charge in [0.25, 0.3) is 0 Å². The number of benzene rings is 2. The second-order valence-electron chi connectivity index (χ2n) is 5.44. The molecular formula is C19H22O3. The first-order valence-corrected chi connectivity index (χ1v) is 7.76. The summed E-state index contributed by atoms with van der Waals surface area (Å²) in [7, 11) is 0. The number of rotatable bonds is 6.